The lowest BCUT2D eigenvalue weighted by Gasteiger charge is -2.27. The van der Waals surface area contributed by atoms with E-state index in [4.69, 9.17) is 5.73 Å². The molecule has 0 atom stereocenters. The number of rotatable bonds is 3. The molecule has 0 aliphatic heterocycles. The number of hydrogen-bond acceptors (Lipinski definition) is 2. The van der Waals surface area contributed by atoms with E-state index < -0.39 is 0 Å². The van der Waals surface area contributed by atoms with Gasteiger partial charge in [0.15, 0.2) is 0 Å². The Labute approximate surface area is 114 Å². The minimum absolute atomic E-state index is 0.164. The van der Waals surface area contributed by atoms with Crippen molar-refractivity contribution in [3.8, 4) is 11.1 Å². The van der Waals surface area contributed by atoms with Crippen LogP contribution in [0.25, 0.3) is 11.1 Å². The van der Waals surface area contributed by atoms with Crippen molar-refractivity contribution >= 4 is 0 Å². The fourth-order valence-electron chi connectivity index (χ4n) is 3.18. The molecule has 1 aliphatic rings. The summed E-state index contributed by atoms with van der Waals surface area (Å²) in [6, 6.07) is 12.7. The second-order valence-electron chi connectivity index (χ2n) is 5.52. The number of hydrogen-bond donors (Lipinski definition) is 1. The van der Waals surface area contributed by atoms with E-state index in [0.29, 0.717) is 0 Å². The Morgan fingerprint density at radius 2 is 1.74 bits per heavy atom. The lowest BCUT2D eigenvalue weighted by molar-refractivity contribution is 0.451. The van der Waals surface area contributed by atoms with Gasteiger partial charge in [0.1, 0.15) is 0 Å². The van der Waals surface area contributed by atoms with Crippen molar-refractivity contribution in [2.24, 2.45) is 5.73 Å². The smallest absolute Gasteiger partial charge is 0.0346 e. The zero-order chi connectivity index (χ0) is 13.1. The summed E-state index contributed by atoms with van der Waals surface area (Å²) in [7, 11) is 0. The van der Waals surface area contributed by atoms with Crippen LogP contribution in [-0.4, -0.2) is 11.5 Å². The molecule has 1 heterocycles. The molecule has 0 unspecified atom stereocenters. The van der Waals surface area contributed by atoms with E-state index >= 15 is 0 Å². The predicted octanol–water partition coefficient (Wildman–Crippen LogP) is 3.52. The van der Waals surface area contributed by atoms with Gasteiger partial charge in [-0.25, -0.2) is 0 Å². The van der Waals surface area contributed by atoms with Gasteiger partial charge in [-0.15, -0.1) is 0 Å². The van der Waals surface area contributed by atoms with E-state index in [-0.39, 0.29) is 5.41 Å². The maximum absolute atomic E-state index is 6.06. The summed E-state index contributed by atoms with van der Waals surface area (Å²) in [6.45, 7) is 0.729. The molecule has 0 saturated heterocycles. The van der Waals surface area contributed by atoms with Crippen LogP contribution in [0.2, 0.25) is 0 Å². The van der Waals surface area contributed by atoms with E-state index in [1.165, 1.54) is 42.4 Å². The van der Waals surface area contributed by atoms with E-state index in [1.54, 1.807) is 0 Å². The molecule has 1 saturated carbocycles. The Balaban J connectivity index is 2.00. The molecule has 2 N–H and O–H groups in total. The normalized spacial score (nSPS) is 17.5. The van der Waals surface area contributed by atoms with Crippen LogP contribution in [0.15, 0.2) is 48.8 Å². The van der Waals surface area contributed by atoms with Crippen LogP contribution >= 0.6 is 0 Å². The molecule has 1 fully saturated rings. The van der Waals surface area contributed by atoms with Gasteiger partial charge in [0, 0.05) is 29.9 Å². The zero-order valence-corrected chi connectivity index (χ0v) is 11.2. The highest BCUT2D eigenvalue weighted by atomic mass is 14.7. The first-order chi connectivity index (χ1) is 9.34. The second kappa shape index (κ2) is 5.14. The average Bonchev–Trinajstić information content (AvgIpc) is 2.98. The van der Waals surface area contributed by atoms with Gasteiger partial charge in [0.25, 0.3) is 0 Å². The van der Waals surface area contributed by atoms with Crippen molar-refractivity contribution in [3.63, 3.8) is 0 Å². The van der Waals surface area contributed by atoms with E-state index in [1.807, 2.05) is 18.5 Å². The first-order valence-electron chi connectivity index (χ1n) is 7.05. The number of pyridine rings is 1. The number of nitrogens with two attached hydrogens (primary N) is 1. The molecule has 2 heteroatoms. The van der Waals surface area contributed by atoms with Crippen molar-refractivity contribution in [1.29, 1.82) is 0 Å². The van der Waals surface area contributed by atoms with E-state index in [0.717, 1.165) is 6.54 Å². The minimum Gasteiger partial charge on any atom is -0.330 e. The lowest BCUT2D eigenvalue weighted by Crippen LogP contribution is -2.32. The molecule has 98 valence electrons. The summed E-state index contributed by atoms with van der Waals surface area (Å²) in [5.41, 5.74) is 9.96. The average molecular weight is 252 g/mol. The first-order valence-corrected chi connectivity index (χ1v) is 7.05. The fraction of sp³-hybridized carbons (Fsp3) is 0.353. The van der Waals surface area contributed by atoms with Gasteiger partial charge in [-0.2, -0.15) is 0 Å². The van der Waals surface area contributed by atoms with Crippen LogP contribution in [0.3, 0.4) is 0 Å². The largest absolute Gasteiger partial charge is 0.330 e. The highest BCUT2D eigenvalue weighted by Crippen LogP contribution is 2.40. The Hall–Kier alpha value is -1.67. The molecule has 1 aromatic heterocycles. The van der Waals surface area contributed by atoms with E-state index in [2.05, 4.69) is 35.3 Å². The van der Waals surface area contributed by atoms with Crippen LogP contribution in [0.1, 0.15) is 31.2 Å². The van der Waals surface area contributed by atoms with Gasteiger partial charge < -0.3 is 5.73 Å². The van der Waals surface area contributed by atoms with Gasteiger partial charge in [-0.3, -0.25) is 4.98 Å². The highest BCUT2D eigenvalue weighted by molar-refractivity contribution is 5.63. The summed E-state index contributed by atoms with van der Waals surface area (Å²) < 4.78 is 0. The Kier molecular flexibility index (Phi) is 3.34. The molecular weight excluding hydrogens is 232 g/mol. The number of nitrogens with zero attached hydrogens (tertiary/aromatic N) is 1. The second-order valence-corrected chi connectivity index (χ2v) is 5.52. The van der Waals surface area contributed by atoms with E-state index in [9.17, 15) is 0 Å². The van der Waals surface area contributed by atoms with Gasteiger partial charge in [-0.1, -0.05) is 43.2 Å². The lowest BCUT2D eigenvalue weighted by atomic mass is 9.79. The number of aromatic nitrogens is 1. The van der Waals surface area contributed by atoms with Gasteiger partial charge in [0.05, 0.1) is 0 Å². The van der Waals surface area contributed by atoms with Gasteiger partial charge in [0.2, 0.25) is 0 Å². The standard InChI is InChI=1S/C17H20N2/c18-13-17(8-4-5-9-17)16-10-15(11-19-12-16)14-6-2-1-3-7-14/h1-3,6-7,10-12H,4-5,8-9,13,18H2. The molecule has 3 rings (SSSR count). The molecule has 0 radical (unpaired) electrons. The van der Waals surface area contributed by atoms with Crippen LogP contribution in [0.5, 0.6) is 0 Å². The fourth-order valence-corrected chi connectivity index (χ4v) is 3.18. The van der Waals surface area contributed by atoms with Crippen molar-refractivity contribution in [3.05, 3.63) is 54.4 Å². The van der Waals surface area contributed by atoms with Gasteiger partial charge >= 0.3 is 0 Å². The SMILES string of the molecule is NCC1(c2cncc(-c3ccccc3)c2)CCCC1. The summed E-state index contributed by atoms with van der Waals surface area (Å²) in [5, 5.41) is 0. The molecule has 19 heavy (non-hydrogen) atoms. The summed E-state index contributed by atoms with van der Waals surface area (Å²) in [5.74, 6) is 0. The Morgan fingerprint density at radius 1 is 1.00 bits per heavy atom. The maximum atomic E-state index is 6.06. The summed E-state index contributed by atoms with van der Waals surface area (Å²) >= 11 is 0. The van der Waals surface area contributed by atoms with Crippen molar-refractivity contribution in [2.75, 3.05) is 6.54 Å². The van der Waals surface area contributed by atoms with Gasteiger partial charge in [-0.05, 0) is 30.0 Å². The zero-order valence-electron chi connectivity index (χ0n) is 11.2. The molecule has 1 aliphatic carbocycles. The van der Waals surface area contributed by atoms with Crippen LogP contribution in [0.4, 0.5) is 0 Å². The first kappa shape index (κ1) is 12.4. The molecule has 1 aromatic carbocycles. The number of benzene rings is 1. The molecule has 0 spiro atoms. The third kappa shape index (κ3) is 2.28. The molecule has 2 aromatic rings. The third-order valence-corrected chi connectivity index (χ3v) is 4.41. The van der Waals surface area contributed by atoms with Crippen LogP contribution in [0, 0.1) is 0 Å². The monoisotopic (exact) mass is 252 g/mol. The maximum Gasteiger partial charge on any atom is 0.0346 e. The molecule has 2 nitrogen and oxygen atoms in total. The van der Waals surface area contributed by atoms with Crippen molar-refractivity contribution < 1.29 is 0 Å². The highest BCUT2D eigenvalue weighted by Gasteiger charge is 2.34. The van der Waals surface area contributed by atoms with Crippen molar-refractivity contribution in [2.45, 2.75) is 31.1 Å². The van der Waals surface area contributed by atoms with Crippen LogP contribution in [-0.2, 0) is 5.41 Å². The third-order valence-electron chi connectivity index (χ3n) is 4.41. The molecule has 0 bridgehead atoms. The molecule has 0 amide bonds. The summed E-state index contributed by atoms with van der Waals surface area (Å²) in [4.78, 5) is 4.44. The van der Waals surface area contributed by atoms with Crippen LogP contribution < -0.4 is 5.73 Å². The minimum atomic E-state index is 0.164. The van der Waals surface area contributed by atoms with Crippen molar-refractivity contribution in [1.82, 2.24) is 4.98 Å². The summed E-state index contributed by atoms with van der Waals surface area (Å²) in [6.07, 6.45) is 8.91. The quantitative estimate of drug-likeness (QED) is 0.907. The predicted molar refractivity (Wildman–Crippen MR) is 78.9 cm³/mol. The Morgan fingerprint density at radius 3 is 2.42 bits per heavy atom. The molecular formula is C17H20N2. The topological polar surface area (TPSA) is 38.9 Å². The Bertz CT molecular complexity index is 542.